The van der Waals surface area contributed by atoms with E-state index in [1.54, 1.807) is 25.1 Å². The minimum Gasteiger partial charge on any atom is -0.455 e. The average Bonchev–Trinajstić information content (AvgIpc) is 3.14. The van der Waals surface area contributed by atoms with Gasteiger partial charge in [0.2, 0.25) is 10.0 Å². The van der Waals surface area contributed by atoms with Crippen molar-refractivity contribution in [2.75, 3.05) is 45.0 Å². The fourth-order valence-corrected chi connectivity index (χ4v) is 3.91. The van der Waals surface area contributed by atoms with Crippen LogP contribution in [0.1, 0.15) is 25.7 Å². The summed E-state index contributed by atoms with van der Waals surface area (Å²) in [5, 5.41) is 2.65. The molecule has 8 nitrogen and oxygen atoms in total. The van der Waals surface area contributed by atoms with Crippen LogP contribution in [0.5, 0.6) is 0 Å². The second-order valence-electron chi connectivity index (χ2n) is 7.00. The van der Waals surface area contributed by atoms with Crippen molar-refractivity contribution >= 4 is 33.3 Å². The predicted octanol–water partition coefficient (Wildman–Crippen LogP) is 1.67. The van der Waals surface area contributed by atoms with Gasteiger partial charge in [0.05, 0.1) is 22.2 Å². The first-order chi connectivity index (χ1) is 12.6. The Morgan fingerprint density at radius 1 is 1.15 bits per heavy atom. The predicted molar refractivity (Wildman–Crippen MR) is 103 cm³/mol. The molecule has 0 saturated heterocycles. The molecular weight excluding hydrogens is 370 g/mol. The van der Waals surface area contributed by atoms with E-state index < -0.39 is 22.5 Å². The highest BCUT2D eigenvalue weighted by Crippen LogP contribution is 2.29. The number of hydrogen-bond donors (Lipinski definition) is 1. The van der Waals surface area contributed by atoms with E-state index in [4.69, 9.17) is 4.74 Å². The lowest BCUT2D eigenvalue weighted by Crippen LogP contribution is -2.25. The van der Waals surface area contributed by atoms with E-state index in [0.717, 1.165) is 30.0 Å². The van der Waals surface area contributed by atoms with Crippen LogP contribution in [0.3, 0.4) is 0 Å². The van der Waals surface area contributed by atoms with Crippen LogP contribution in [0.4, 0.5) is 11.4 Å². The van der Waals surface area contributed by atoms with Gasteiger partial charge in [-0.25, -0.2) is 12.7 Å². The molecule has 0 atom stereocenters. The topological polar surface area (TPSA) is 96.0 Å². The summed E-state index contributed by atoms with van der Waals surface area (Å²) in [6.07, 6.45) is 3.61. The molecule has 2 rings (SSSR count). The highest BCUT2D eigenvalue weighted by Gasteiger charge is 2.25. The van der Waals surface area contributed by atoms with Crippen molar-refractivity contribution in [3.05, 3.63) is 18.2 Å². The third-order valence-electron chi connectivity index (χ3n) is 4.54. The minimum absolute atomic E-state index is 0.0661. The van der Waals surface area contributed by atoms with E-state index in [-0.39, 0.29) is 16.8 Å². The van der Waals surface area contributed by atoms with Crippen molar-refractivity contribution in [3.63, 3.8) is 0 Å². The fraction of sp³-hybridized carbons (Fsp3) is 0.556. The molecule has 1 fully saturated rings. The van der Waals surface area contributed by atoms with Crippen molar-refractivity contribution in [1.29, 1.82) is 0 Å². The SMILES string of the molecule is CN(C)c1ccc(S(=O)(=O)N(C)C)cc1NC(=O)COC(=O)C1CCCC1. The number of carbonyl (C=O) groups is 2. The van der Waals surface area contributed by atoms with Gasteiger partial charge in [0.15, 0.2) is 6.61 Å². The Hall–Kier alpha value is -2.13. The maximum Gasteiger partial charge on any atom is 0.309 e. The van der Waals surface area contributed by atoms with Gasteiger partial charge in [-0.1, -0.05) is 12.8 Å². The van der Waals surface area contributed by atoms with Gasteiger partial charge < -0.3 is 15.0 Å². The summed E-state index contributed by atoms with van der Waals surface area (Å²) in [6, 6.07) is 4.51. The van der Waals surface area contributed by atoms with Crippen LogP contribution in [0.2, 0.25) is 0 Å². The molecule has 1 aliphatic carbocycles. The average molecular weight is 397 g/mol. The van der Waals surface area contributed by atoms with Gasteiger partial charge in [-0.15, -0.1) is 0 Å². The lowest BCUT2D eigenvalue weighted by molar-refractivity contribution is -0.151. The Morgan fingerprint density at radius 2 is 1.78 bits per heavy atom. The van der Waals surface area contributed by atoms with Gasteiger partial charge in [-0.05, 0) is 31.0 Å². The molecule has 0 aliphatic heterocycles. The molecule has 1 amide bonds. The van der Waals surface area contributed by atoms with E-state index in [1.165, 1.54) is 26.2 Å². The quantitative estimate of drug-likeness (QED) is 0.703. The van der Waals surface area contributed by atoms with Crippen LogP contribution in [0.25, 0.3) is 0 Å². The van der Waals surface area contributed by atoms with E-state index in [2.05, 4.69) is 5.32 Å². The molecule has 1 N–H and O–H groups in total. The zero-order valence-electron chi connectivity index (χ0n) is 16.2. The number of amides is 1. The maximum absolute atomic E-state index is 12.3. The lowest BCUT2D eigenvalue weighted by Gasteiger charge is -2.20. The minimum atomic E-state index is -3.64. The molecule has 27 heavy (non-hydrogen) atoms. The number of carbonyl (C=O) groups excluding carboxylic acids is 2. The third kappa shape index (κ3) is 5.20. The fourth-order valence-electron chi connectivity index (χ4n) is 2.98. The number of esters is 1. The van der Waals surface area contributed by atoms with Gasteiger partial charge in [-0.2, -0.15) is 0 Å². The van der Waals surface area contributed by atoms with Crippen LogP contribution in [-0.4, -0.2) is 59.4 Å². The number of benzene rings is 1. The highest BCUT2D eigenvalue weighted by atomic mass is 32.2. The number of nitrogens with zero attached hydrogens (tertiary/aromatic N) is 2. The summed E-state index contributed by atoms with van der Waals surface area (Å²) in [7, 11) is 2.81. The number of ether oxygens (including phenoxy) is 1. The van der Waals surface area contributed by atoms with E-state index in [0.29, 0.717) is 11.4 Å². The largest absolute Gasteiger partial charge is 0.455 e. The summed E-state index contributed by atoms with van der Waals surface area (Å²) in [4.78, 5) is 26.0. The maximum atomic E-state index is 12.3. The molecule has 0 unspecified atom stereocenters. The molecule has 0 spiro atoms. The zero-order chi connectivity index (χ0) is 20.2. The first-order valence-corrected chi connectivity index (χ1v) is 10.3. The second-order valence-corrected chi connectivity index (χ2v) is 9.15. The Kier molecular flexibility index (Phi) is 6.83. The Labute approximate surface area is 160 Å². The van der Waals surface area contributed by atoms with Gasteiger partial charge in [0, 0.05) is 28.2 Å². The van der Waals surface area contributed by atoms with Crippen LogP contribution in [0, 0.1) is 5.92 Å². The molecule has 1 aromatic carbocycles. The summed E-state index contributed by atoms with van der Waals surface area (Å²) < 4.78 is 30.9. The molecule has 1 aromatic rings. The van der Waals surface area contributed by atoms with Crippen molar-refractivity contribution in [1.82, 2.24) is 4.31 Å². The summed E-state index contributed by atoms with van der Waals surface area (Å²) >= 11 is 0. The monoisotopic (exact) mass is 397 g/mol. The highest BCUT2D eigenvalue weighted by molar-refractivity contribution is 7.89. The molecule has 1 aliphatic rings. The smallest absolute Gasteiger partial charge is 0.309 e. The first kappa shape index (κ1) is 21.2. The Bertz CT molecular complexity index is 799. The standard InChI is InChI=1S/C18H27N3O5S/c1-20(2)16-10-9-14(27(24,25)21(3)4)11-15(16)19-17(22)12-26-18(23)13-7-5-6-8-13/h9-11,13H,5-8,12H2,1-4H3,(H,19,22). The third-order valence-corrected chi connectivity index (χ3v) is 6.35. The van der Waals surface area contributed by atoms with Gasteiger partial charge in [-0.3, -0.25) is 9.59 Å². The number of nitrogens with one attached hydrogen (secondary N) is 1. The second kappa shape index (κ2) is 8.71. The van der Waals surface area contributed by atoms with Gasteiger partial charge in [0.25, 0.3) is 5.91 Å². The number of anilines is 2. The summed E-state index contributed by atoms with van der Waals surface area (Å²) in [5.74, 6) is -0.980. The van der Waals surface area contributed by atoms with Crippen LogP contribution in [0.15, 0.2) is 23.1 Å². The van der Waals surface area contributed by atoms with Crippen LogP contribution >= 0.6 is 0 Å². The number of rotatable bonds is 7. The summed E-state index contributed by atoms with van der Waals surface area (Å²) in [6.45, 7) is -0.396. The molecule has 150 valence electrons. The molecule has 1 saturated carbocycles. The molecule has 0 bridgehead atoms. The molecule has 0 radical (unpaired) electrons. The molecular formula is C18H27N3O5S. The van der Waals surface area contributed by atoms with E-state index in [9.17, 15) is 18.0 Å². The Morgan fingerprint density at radius 3 is 2.33 bits per heavy atom. The first-order valence-electron chi connectivity index (χ1n) is 8.83. The van der Waals surface area contributed by atoms with Gasteiger partial charge >= 0.3 is 5.97 Å². The number of hydrogen-bond acceptors (Lipinski definition) is 6. The van der Waals surface area contributed by atoms with Crippen LogP contribution in [-0.2, 0) is 24.3 Å². The van der Waals surface area contributed by atoms with E-state index in [1.807, 2.05) is 0 Å². The van der Waals surface area contributed by atoms with Crippen molar-refractivity contribution < 1.29 is 22.7 Å². The lowest BCUT2D eigenvalue weighted by atomic mass is 10.1. The summed E-state index contributed by atoms with van der Waals surface area (Å²) in [5.41, 5.74) is 0.980. The van der Waals surface area contributed by atoms with Crippen LogP contribution < -0.4 is 10.2 Å². The van der Waals surface area contributed by atoms with Crippen molar-refractivity contribution in [2.45, 2.75) is 30.6 Å². The zero-order valence-corrected chi connectivity index (χ0v) is 17.0. The van der Waals surface area contributed by atoms with E-state index >= 15 is 0 Å². The molecule has 0 aromatic heterocycles. The Balaban J connectivity index is 2.12. The molecule has 9 heteroatoms. The van der Waals surface area contributed by atoms with Gasteiger partial charge in [0.1, 0.15) is 0 Å². The molecule has 0 heterocycles. The number of sulfonamides is 1. The van der Waals surface area contributed by atoms with Crippen molar-refractivity contribution in [2.24, 2.45) is 5.92 Å². The van der Waals surface area contributed by atoms with Crippen molar-refractivity contribution in [3.8, 4) is 0 Å². The normalized spacial score (nSPS) is 15.0.